The summed E-state index contributed by atoms with van der Waals surface area (Å²) < 4.78 is 38.5. The Bertz CT molecular complexity index is 851. The lowest BCUT2D eigenvalue weighted by Crippen LogP contribution is -2.45. The van der Waals surface area contributed by atoms with E-state index in [1.807, 2.05) is 19.1 Å². The fourth-order valence-electron chi connectivity index (χ4n) is 2.58. The number of para-hydroxylation sites is 1. The first-order valence-electron chi connectivity index (χ1n) is 7.87. The third kappa shape index (κ3) is 4.57. The number of anilines is 2. The van der Waals surface area contributed by atoms with Crippen LogP contribution in [0.2, 0.25) is 0 Å². The average Bonchev–Trinajstić information content (AvgIpc) is 2.56. The normalized spacial score (nSPS) is 12.5. The second kappa shape index (κ2) is 7.65. The zero-order chi connectivity index (χ0) is 18.6. The van der Waals surface area contributed by atoms with Gasteiger partial charge in [0.05, 0.1) is 11.9 Å². The van der Waals surface area contributed by atoms with Crippen LogP contribution < -0.4 is 9.62 Å². The van der Waals surface area contributed by atoms with Gasteiger partial charge in [-0.15, -0.1) is 0 Å². The number of amides is 1. The lowest BCUT2D eigenvalue weighted by atomic mass is 10.1. The molecule has 0 radical (unpaired) electrons. The molecular weight excluding hydrogens is 343 g/mol. The number of halogens is 1. The Morgan fingerprint density at radius 2 is 1.76 bits per heavy atom. The highest BCUT2D eigenvalue weighted by atomic mass is 32.2. The number of carbonyl (C=O) groups excluding carboxylic acids is 1. The van der Waals surface area contributed by atoms with E-state index in [1.54, 1.807) is 12.1 Å². The van der Waals surface area contributed by atoms with Gasteiger partial charge in [0.15, 0.2) is 0 Å². The fraction of sp³-hybridized carbons (Fsp3) is 0.278. The fourth-order valence-corrected chi connectivity index (χ4v) is 3.76. The third-order valence-corrected chi connectivity index (χ3v) is 5.07. The highest BCUT2D eigenvalue weighted by molar-refractivity contribution is 7.92. The molecule has 0 aliphatic heterocycles. The zero-order valence-corrected chi connectivity index (χ0v) is 15.2. The summed E-state index contributed by atoms with van der Waals surface area (Å²) in [4.78, 5) is 12.6. The Morgan fingerprint density at radius 1 is 1.16 bits per heavy atom. The van der Waals surface area contributed by atoms with Crippen molar-refractivity contribution in [3.63, 3.8) is 0 Å². The molecule has 0 saturated heterocycles. The molecule has 0 fully saturated rings. The quantitative estimate of drug-likeness (QED) is 0.856. The van der Waals surface area contributed by atoms with Crippen LogP contribution in [0.25, 0.3) is 0 Å². The number of hydrogen-bond donors (Lipinski definition) is 1. The van der Waals surface area contributed by atoms with E-state index in [1.165, 1.54) is 19.1 Å². The molecule has 7 heteroatoms. The summed E-state index contributed by atoms with van der Waals surface area (Å²) in [6, 6.07) is 11.3. The van der Waals surface area contributed by atoms with Crippen LogP contribution in [-0.2, 0) is 21.2 Å². The first-order chi connectivity index (χ1) is 11.7. The van der Waals surface area contributed by atoms with Crippen LogP contribution in [0.4, 0.5) is 15.8 Å². The molecule has 5 nitrogen and oxygen atoms in total. The molecular formula is C18H21FN2O3S. The van der Waals surface area contributed by atoms with Crippen LogP contribution in [0.1, 0.15) is 19.4 Å². The molecule has 2 aromatic carbocycles. The Labute approximate surface area is 147 Å². The van der Waals surface area contributed by atoms with Crippen molar-refractivity contribution in [2.75, 3.05) is 15.9 Å². The number of benzene rings is 2. The van der Waals surface area contributed by atoms with Gasteiger partial charge in [0.25, 0.3) is 0 Å². The molecule has 0 bridgehead atoms. The summed E-state index contributed by atoms with van der Waals surface area (Å²) in [7, 11) is -3.73. The van der Waals surface area contributed by atoms with Gasteiger partial charge in [0.2, 0.25) is 15.9 Å². The highest BCUT2D eigenvalue weighted by Crippen LogP contribution is 2.23. The smallest absolute Gasteiger partial charge is 0.248 e. The van der Waals surface area contributed by atoms with E-state index in [9.17, 15) is 17.6 Å². The molecule has 0 aromatic heterocycles. The van der Waals surface area contributed by atoms with Crippen molar-refractivity contribution in [2.24, 2.45) is 0 Å². The van der Waals surface area contributed by atoms with E-state index in [2.05, 4.69) is 5.32 Å². The summed E-state index contributed by atoms with van der Waals surface area (Å²) in [5, 5.41) is 2.78. The predicted molar refractivity (Wildman–Crippen MR) is 97.6 cm³/mol. The molecule has 2 rings (SSSR count). The van der Waals surface area contributed by atoms with Crippen LogP contribution in [0.15, 0.2) is 48.5 Å². The number of carbonyl (C=O) groups is 1. The minimum atomic E-state index is -3.73. The van der Waals surface area contributed by atoms with E-state index >= 15 is 0 Å². The molecule has 2 aromatic rings. The Hall–Kier alpha value is -2.41. The van der Waals surface area contributed by atoms with E-state index in [0.29, 0.717) is 5.69 Å². The molecule has 1 amide bonds. The van der Waals surface area contributed by atoms with Crippen LogP contribution in [0, 0.1) is 5.82 Å². The van der Waals surface area contributed by atoms with Gasteiger partial charge in [0, 0.05) is 5.69 Å². The number of rotatable bonds is 6. The van der Waals surface area contributed by atoms with E-state index < -0.39 is 27.8 Å². The molecule has 0 heterocycles. The number of aryl methyl sites for hydroxylation is 1. The number of nitrogens with one attached hydrogen (secondary N) is 1. The third-order valence-electron chi connectivity index (χ3n) is 3.83. The van der Waals surface area contributed by atoms with Crippen LogP contribution in [-0.4, -0.2) is 26.6 Å². The van der Waals surface area contributed by atoms with Crippen molar-refractivity contribution >= 4 is 27.3 Å². The molecule has 1 N–H and O–H groups in total. The molecule has 25 heavy (non-hydrogen) atoms. The van der Waals surface area contributed by atoms with Crippen molar-refractivity contribution < 1.29 is 17.6 Å². The summed E-state index contributed by atoms with van der Waals surface area (Å²) >= 11 is 0. The maximum absolute atomic E-state index is 13.1. The van der Waals surface area contributed by atoms with E-state index in [-0.39, 0.29) is 5.69 Å². The van der Waals surface area contributed by atoms with Gasteiger partial charge in [-0.2, -0.15) is 0 Å². The lowest BCUT2D eigenvalue weighted by molar-refractivity contribution is -0.116. The monoisotopic (exact) mass is 364 g/mol. The average molecular weight is 364 g/mol. The SMILES string of the molecule is CCc1ccccc1NC(=O)[C@H](C)N(c1ccc(F)cc1)S(C)(=O)=O. The highest BCUT2D eigenvalue weighted by Gasteiger charge is 2.29. The van der Waals surface area contributed by atoms with Gasteiger partial charge in [-0.1, -0.05) is 25.1 Å². The molecule has 0 saturated carbocycles. The molecule has 0 aliphatic carbocycles. The molecule has 0 unspecified atom stereocenters. The largest absolute Gasteiger partial charge is 0.324 e. The van der Waals surface area contributed by atoms with Crippen molar-refractivity contribution in [3.8, 4) is 0 Å². The van der Waals surface area contributed by atoms with Gasteiger partial charge in [-0.3, -0.25) is 9.10 Å². The summed E-state index contributed by atoms with van der Waals surface area (Å²) in [6.45, 7) is 3.46. The maximum atomic E-state index is 13.1. The van der Waals surface area contributed by atoms with Gasteiger partial charge in [-0.05, 0) is 49.2 Å². The molecule has 1 atom stereocenters. The zero-order valence-electron chi connectivity index (χ0n) is 14.4. The predicted octanol–water partition coefficient (Wildman–Crippen LogP) is 3.18. The number of hydrogen-bond acceptors (Lipinski definition) is 3. The number of nitrogens with zero attached hydrogens (tertiary/aromatic N) is 1. The second-order valence-electron chi connectivity index (χ2n) is 5.71. The Balaban J connectivity index is 2.31. The maximum Gasteiger partial charge on any atom is 0.248 e. The molecule has 0 aliphatic rings. The van der Waals surface area contributed by atoms with Crippen molar-refractivity contribution in [1.29, 1.82) is 0 Å². The van der Waals surface area contributed by atoms with Gasteiger partial charge < -0.3 is 5.32 Å². The van der Waals surface area contributed by atoms with E-state index in [4.69, 9.17) is 0 Å². The molecule has 0 spiro atoms. The van der Waals surface area contributed by atoms with Gasteiger partial charge >= 0.3 is 0 Å². The van der Waals surface area contributed by atoms with Crippen LogP contribution in [0.5, 0.6) is 0 Å². The lowest BCUT2D eigenvalue weighted by Gasteiger charge is -2.28. The van der Waals surface area contributed by atoms with Gasteiger partial charge in [0.1, 0.15) is 11.9 Å². The van der Waals surface area contributed by atoms with Crippen LogP contribution >= 0.6 is 0 Å². The minimum absolute atomic E-state index is 0.232. The Morgan fingerprint density at radius 3 is 2.32 bits per heavy atom. The topological polar surface area (TPSA) is 66.5 Å². The second-order valence-corrected chi connectivity index (χ2v) is 7.57. The van der Waals surface area contributed by atoms with Crippen molar-refractivity contribution in [2.45, 2.75) is 26.3 Å². The first kappa shape index (κ1) is 18.9. The van der Waals surface area contributed by atoms with Gasteiger partial charge in [-0.25, -0.2) is 12.8 Å². The van der Waals surface area contributed by atoms with Crippen molar-refractivity contribution in [3.05, 3.63) is 59.9 Å². The Kier molecular flexibility index (Phi) is 5.79. The first-order valence-corrected chi connectivity index (χ1v) is 9.72. The standard InChI is InChI=1S/C18H21FN2O3S/c1-4-14-7-5-6-8-17(14)20-18(22)13(2)21(25(3,23)24)16-11-9-15(19)10-12-16/h5-13H,4H2,1-3H3,(H,20,22)/t13-/m0/s1. The van der Waals surface area contributed by atoms with Crippen molar-refractivity contribution in [1.82, 2.24) is 0 Å². The summed E-state index contributed by atoms with van der Waals surface area (Å²) in [5.74, 6) is -0.943. The number of sulfonamides is 1. The minimum Gasteiger partial charge on any atom is -0.324 e. The molecule has 134 valence electrons. The van der Waals surface area contributed by atoms with E-state index in [0.717, 1.165) is 34.7 Å². The summed E-state index contributed by atoms with van der Waals surface area (Å²) in [5.41, 5.74) is 1.83. The summed E-state index contributed by atoms with van der Waals surface area (Å²) in [6.07, 6.45) is 1.75. The van der Waals surface area contributed by atoms with Crippen LogP contribution in [0.3, 0.4) is 0 Å².